The SMILES string of the molecule is NCCCC[C@H](NC(=O)[C@@H](N)Cc1ccccc1)C(=O)N1CCC[C@@H]1C(=O)N[C@H](CC1CCCCC1)C(=O)N[C@@H](Cc1c[nH]c2ccccc12)C(=O)N[C@H](CCCN=C(N)N)C(=O)O. The van der Waals surface area contributed by atoms with Gasteiger partial charge in [0.1, 0.15) is 30.2 Å². The molecule has 2 aromatic carbocycles. The third-order valence-electron chi connectivity index (χ3n) is 12.3. The van der Waals surface area contributed by atoms with E-state index >= 15 is 0 Å². The number of aliphatic imine (C=N–C) groups is 1. The number of unbranched alkanes of at least 4 members (excludes halogenated alkanes) is 1. The Labute approximate surface area is 374 Å². The highest BCUT2D eigenvalue weighted by Crippen LogP contribution is 2.28. The Kier molecular flexibility index (Phi) is 18.9. The number of nitrogens with two attached hydrogens (primary N) is 4. The van der Waals surface area contributed by atoms with Crippen molar-refractivity contribution in [1.82, 2.24) is 31.2 Å². The molecule has 2 heterocycles. The van der Waals surface area contributed by atoms with Gasteiger partial charge in [-0.05, 0) is 87.4 Å². The zero-order valence-electron chi connectivity index (χ0n) is 36.6. The van der Waals surface area contributed by atoms with Crippen LogP contribution in [0, 0.1) is 5.92 Å². The molecule has 1 aliphatic heterocycles. The van der Waals surface area contributed by atoms with E-state index in [1.165, 1.54) is 4.90 Å². The van der Waals surface area contributed by atoms with Crippen LogP contribution >= 0.6 is 0 Å². The molecule has 3 aromatic rings. The van der Waals surface area contributed by atoms with Gasteiger partial charge in [-0.25, -0.2) is 4.79 Å². The Morgan fingerprint density at radius 1 is 0.750 bits per heavy atom. The Hall–Kier alpha value is -6.01. The maximum atomic E-state index is 14.5. The Morgan fingerprint density at radius 2 is 1.42 bits per heavy atom. The molecular weight excluding hydrogens is 819 g/mol. The predicted molar refractivity (Wildman–Crippen MR) is 244 cm³/mol. The second-order valence-electron chi connectivity index (χ2n) is 17.1. The molecule has 6 atom stereocenters. The maximum Gasteiger partial charge on any atom is 0.326 e. The lowest BCUT2D eigenvalue weighted by atomic mass is 9.84. The molecule has 2 fully saturated rings. The van der Waals surface area contributed by atoms with Crippen LogP contribution in [0.25, 0.3) is 10.9 Å². The first-order valence-electron chi connectivity index (χ1n) is 22.7. The van der Waals surface area contributed by atoms with Crippen LogP contribution in [-0.4, -0.2) is 112 Å². The highest BCUT2D eigenvalue weighted by molar-refractivity contribution is 5.97. The number of carboxylic acid groups (broad SMARTS) is 1. The minimum Gasteiger partial charge on any atom is -0.480 e. The minimum absolute atomic E-state index is 0.0171. The van der Waals surface area contributed by atoms with E-state index in [4.69, 9.17) is 22.9 Å². The molecule has 5 amide bonds. The molecule has 18 heteroatoms. The molecule has 64 heavy (non-hydrogen) atoms. The number of likely N-dealkylation sites (tertiary alicyclic amines) is 1. The molecule has 1 aromatic heterocycles. The predicted octanol–water partition coefficient (Wildman–Crippen LogP) is 1.45. The fraction of sp³-hybridized carbons (Fsp3) is 0.543. The first-order valence-corrected chi connectivity index (χ1v) is 22.7. The summed E-state index contributed by atoms with van der Waals surface area (Å²) in [5.74, 6) is -4.00. The highest BCUT2D eigenvalue weighted by Gasteiger charge is 2.40. The number of carboxylic acids is 1. The standard InChI is InChI=1S/C46H67N11O7/c47-22-10-9-19-35(53-40(58)33(48)25-29-13-3-1-4-14-29)44(62)57-24-12-21-39(57)43(61)56-37(26-30-15-5-2-6-16-30)41(59)55-38(27-31-28-52-34-18-8-7-17-32(31)34)42(60)54-36(45(63)64)20-11-23-51-46(49)50/h1,3-4,7-8,13-14,17-18,28,30,33,35-39,52H,2,5-6,9-12,15-16,19-27,47-48H2,(H,53,58)(H,54,60)(H,55,59)(H,56,61)(H,63,64)(H4,49,50,51)/t33-,35-,36+,37+,38-,39+/m0/s1. The number of nitrogens with one attached hydrogen (secondary N) is 5. The Morgan fingerprint density at radius 3 is 2.14 bits per heavy atom. The number of benzene rings is 2. The lowest BCUT2D eigenvalue weighted by molar-refractivity contribution is -0.143. The molecule has 0 unspecified atom stereocenters. The van der Waals surface area contributed by atoms with Gasteiger partial charge in [0.2, 0.25) is 29.5 Å². The quantitative estimate of drug-likeness (QED) is 0.0349. The van der Waals surface area contributed by atoms with Crippen molar-refractivity contribution < 1.29 is 33.9 Å². The topological polar surface area (TPSA) is 306 Å². The maximum absolute atomic E-state index is 14.5. The summed E-state index contributed by atoms with van der Waals surface area (Å²) in [4.78, 5) is 91.5. The van der Waals surface area contributed by atoms with Gasteiger partial charge in [0, 0.05) is 36.6 Å². The number of carbonyl (C=O) groups excluding carboxylic acids is 5. The van der Waals surface area contributed by atoms with E-state index in [2.05, 4.69) is 31.2 Å². The van der Waals surface area contributed by atoms with Gasteiger partial charge < -0.3 is 59.2 Å². The first-order chi connectivity index (χ1) is 30.8. The summed E-state index contributed by atoms with van der Waals surface area (Å²) in [6.07, 6.45) is 9.79. The van der Waals surface area contributed by atoms with Crippen LogP contribution in [0.1, 0.15) is 94.6 Å². The third kappa shape index (κ3) is 14.5. The summed E-state index contributed by atoms with van der Waals surface area (Å²) >= 11 is 0. The van der Waals surface area contributed by atoms with Crippen LogP contribution in [-0.2, 0) is 41.6 Å². The Bertz CT molecular complexity index is 2050. The van der Waals surface area contributed by atoms with Crippen molar-refractivity contribution in [2.45, 2.75) is 133 Å². The van der Waals surface area contributed by atoms with Crippen LogP contribution in [0.15, 0.2) is 65.8 Å². The molecule has 5 rings (SSSR count). The summed E-state index contributed by atoms with van der Waals surface area (Å²) < 4.78 is 0. The van der Waals surface area contributed by atoms with E-state index in [1.807, 2.05) is 54.6 Å². The van der Waals surface area contributed by atoms with Crippen molar-refractivity contribution in [3.63, 3.8) is 0 Å². The number of hydrogen-bond acceptors (Lipinski definition) is 9. The third-order valence-corrected chi connectivity index (χ3v) is 12.3. The lowest BCUT2D eigenvalue weighted by Gasteiger charge is -2.32. The van der Waals surface area contributed by atoms with E-state index < -0.39 is 71.8 Å². The van der Waals surface area contributed by atoms with Gasteiger partial charge in [-0.2, -0.15) is 0 Å². The van der Waals surface area contributed by atoms with E-state index in [1.54, 1.807) is 6.20 Å². The van der Waals surface area contributed by atoms with Crippen LogP contribution in [0.5, 0.6) is 0 Å². The van der Waals surface area contributed by atoms with Gasteiger partial charge in [0.05, 0.1) is 6.04 Å². The van der Waals surface area contributed by atoms with E-state index in [9.17, 15) is 33.9 Å². The minimum atomic E-state index is -1.30. The second-order valence-corrected chi connectivity index (χ2v) is 17.1. The number of aromatic amines is 1. The van der Waals surface area contributed by atoms with Crippen molar-refractivity contribution in [1.29, 1.82) is 0 Å². The van der Waals surface area contributed by atoms with Gasteiger partial charge in [0.25, 0.3) is 0 Å². The van der Waals surface area contributed by atoms with Gasteiger partial charge >= 0.3 is 5.97 Å². The number of guanidine groups is 1. The van der Waals surface area contributed by atoms with Crippen molar-refractivity contribution in [3.05, 3.63) is 71.9 Å². The number of para-hydroxylation sites is 1. The van der Waals surface area contributed by atoms with Crippen molar-refractivity contribution in [2.24, 2.45) is 33.8 Å². The lowest BCUT2D eigenvalue weighted by Crippen LogP contribution is -2.59. The summed E-state index contributed by atoms with van der Waals surface area (Å²) in [7, 11) is 0. The molecule has 0 bridgehead atoms. The summed E-state index contributed by atoms with van der Waals surface area (Å²) in [5, 5.41) is 22.2. The smallest absolute Gasteiger partial charge is 0.326 e. The van der Waals surface area contributed by atoms with Crippen LogP contribution in [0.3, 0.4) is 0 Å². The van der Waals surface area contributed by atoms with Crippen LogP contribution < -0.4 is 44.2 Å². The number of H-pyrrole nitrogens is 1. The Balaban J connectivity index is 1.35. The number of aliphatic carboxylic acids is 1. The molecule has 2 aliphatic rings. The number of rotatable bonds is 24. The highest BCUT2D eigenvalue weighted by atomic mass is 16.4. The second kappa shape index (κ2) is 24.7. The van der Waals surface area contributed by atoms with E-state index in [0.29, 0.717) is 45.1 Å². The zero-order chi connectivity index (χ0) is 46.0. The molecule has 14 N–H and O–H groups in total. The molecule has 1 saturated carbocycles. The normalized spacial score (nSPS) is 17.7. The number of aromatic nitrogens is 1. The molecule has 1 aliphatic carbocycles. The van der Waals surface area contributed by atoms with E-state index in [0.717, 1.165) is 54.1 Å². The van der Waals surface area contributed by atoms with Gasteiger partial charge in [-0.15, -0.1) is 0 Å². The molecule has 1 saturated heterocycles. The number of fused-ring (bicyclic) bond motifs is 1. The number of nitrogens with zero attached hydrogens (tertiary/aromatic N) is 2. The molecular formula is C46H67N11O7. The molecule has 0 spiro atoms. The summed E-state index contributed by atoms with van der Waals surface area (Å²) in [6.45, 7) is 0.850. The van der Waals surface area contributed by atoms with Crippen LogP contribution in [0.2, 0.25) is 0 Å². The molecule has 0 radical (unpaired) electrons. The average Bonchev–Trinajstić information content (AvgIpc) is 3.95. The van der Waals surface area contributed by atoms with Gasteiger partial charge in [-0.1, -0.05) is 80.6 Å². The van der Waals surface area contributed by atoms with Gasteiger partial charge in [0.15, 0.2) is 5.96 Å². The zero-order valence-corrected chi connectivity index (χ0v) is 36.6. The number of amides is 5. The largest absolute Gasteiger partial charge is 0.480 e. The molecule has 348 valence electrons. The monoisotopic (exact) mass is 886 g/mol. The van der Waals surface area contributed by atoms with Crippen molar-refractivity contribution >= 4 is 52.4 Å². The first kappa shape index (κ1) is 49.0. The fourth-order valence-corrected chi connectivity index (χ4v) is 8.78. The van der Waals surface area contributed by atoms with Crippen molar-refractivity contribution in [2.75, 3.05) is 19.6 Å². The van der Waals surface area contributed by atoms with Crippen molar-refractivity contribution in [3.8, 4) is 0 Å². The van der Waals surface area contributed by atoms with E-state index in [-0.39, 0.29) is 50.7 Å². The summed E-state index contributed by atoms with van der Waals surface area (Å²) in [6, 6.07) is 10.5. The van der Waals surface area contributed by atoms with Gasteiger partial charge in [-0.3, -0.25) is 29.0 Å². The summed E-state index contributed by atoms with van der Waals surface area (Å²) in [5.41, 5.74) is 25.3. The van der Waals surface area contributed by atoms with Crippen LogP contribution in [0.4, 0.5) is 0 Å². The number of hydrogen-bond donors (Lipinski definition) is 10. The molecule has 18 nitrogen and oxygen atoms in total. The average molecular weight is 886 g/mol. The number of carbonyl (C=O) groups is 6. The fourth-order valence-electron chi connectivity index (χ4n) is 8.78.